The van der Waals surface area contributed by atoms with Crippen molar-refractivity contribution in [2.45, 2.75) is 0 Å². The first kappa shape index (κ1) is 36.9. The van der Waals surface area contributed by atoms with Crippen LogP contribution in [0.25, 0.3) is 132 Å². The monoisotopic (exact) mass is 826 g/mol. The van der Waals surface area contributed by atoms with Gasteiger partial charge in [-0.2, -0.15) is 0 Å². The highest BCUT2D eigenvalue weighted by Crippen LogP contribution is 2.46. The van der Waals surface area contributed by atoms with Crippen LogP contribution in [0, 0.1) is 0 Å². The first-order chi connectivity index (χ1) is 32.2. The summed E-state index contributed by atoms with van der Waals surface area (Å²) in [5, 5.41) is 12.0. The molecule has 302 valence electrons. The van der Waals surface area contributed by atoms with E-state index in [9.17, 15) is 0 Å². The fourth-order valence-electron chi connectivity index (χ4n) is 9.98. The predicted molar refractivity (Wildman–Crippen MR) is 272 cm³/mol. The Morgan fingerprint density at radius 3 is 1.63 bits per heavy atom. The summed E-state index contributed by atoms with van der Waals surface area (Å²) in [5.74, 6) is 0.673. The molecule has 11 aromatic carbocycles. The summed E-state index contributed by atoms with van der Waals surface area (Å²) in [7, 11) is 0. The molecule has 65 heavy (non-hydrogen) atoms. The zero-order chi connectivity index (χ0) is 42.8. The Balaban J connectivity index is 0.898. The SMILES string of the molecule is c1ccc(-c2nc(-c3ccc4cc(-c5ccc(-c6c7ccccc7c(-c7ccccc7)c7ccc8ccccc8c67)cc5)ccc4c3)cc(-c3cccc4c3oc3ccccc34)n2)cc1. The molecule has 2 aromatic heterocycles. The smallest absolute Gasteiger partial charge is 0.160 e. The molecule has 0 amide bonds. The molecular formula is C62H38N2O. The number of hydrogen-bond acceptors (Lipinski definition) is 3. The lowest BCUT2D eigenvalue weighted by molar-refractivity contribution is 0.670. The molecule has 0 atom stereocenters. The first-order valence-corrected chi connectivity index (χ1v) is 22.1. The maximum atomic E-state index is 6.47. The molecule has 3 nitrogen and oxygen atoms in total. The summed E-state index contributed by atoms with van der Waals surface area (Å²) in [6.45, 7) is 0. The Morgan fingerprint density at radius 2 is 0.846 bits per heavy atom. The Kier molecular flexibility index (Phi) is 8.53. The van der Waals surface area contributed by atoms with Crippen molar-refractivity contribution >= 4 is 65.0 Å². The second-order valence-electron chi connectivity index (χ2n) is 16.8. The van der Waals surface area contributed by atoms with Crippen molar-refractivity contribution in [1.29, 1.82) is 0 Å². The van der Waals surface area contributed by atoms with E-state index in [1.54, 1.807) is 0 Å². The molecule has 0 N–H and O–H groups in total. The molecule has 0 radical (unpaired) electrons. The number of rotatable bonds is 6. The van der Waals surface area contributed by atoms with Crippen LogP contribution in [0.3, 0.4) is 0 Å². The van der Waals surface area contributed by atoms with Crippen LogP contribution < -0.4 is 0 Å². The second kappa shape index (κ2) is 15.0. The summed E-state index contributed by atoms with van der Waals surface area (Å²) >= 11 is 0. The number of nitrogens with zero attached hydrogens (tertiary/aromatic N) is 2. The van der Waals surface area contributed by atoms with Gasteiger partial charge in [0.2, 0.25) is 0 Å². The fourth-order valence-corrected chi connectivity index (χ4v) is 9.98. The topological polar surface area (TPSA) is 38.9 Å². The van der Waals surface area contributed by atoms with E-state index in [-0.39, 0.29) is 0 Å². The van der Waals surface area contributed by atoms with Gasteiger partial charge in [-0.25, -0.2) is 9.97 Å². The van der Waals surface area contributed by atoms with Gasteiger partial charge in [0.1, 0.15) is 11.2 Å². The predicted octanol–water partition coefficient (Wildman–Crippen LogP) is 17.0. The molecule has 0 bridgehead atoms. The van der Waals surface area contributed by atoms with Crippen molar-refractivity contribution in [3.63, 3.8) is 0 Å². The van der Waals surface area contributed by atoms with Crippen LogP contribution in [0.4, 0.5) is 0 Å². The lowest BCUT2D eigenvalue weighted by Gasteiger charge is -2.19. The highest BCUT2D eigenvalue weighted by atomic mass is 16.3. The molecule has 0 aliphatic carbocycles. The van der Waals surface area contributed by atoms with Crippen LogP contribution >= 0.6 is 0 Å². The van der Waals surface area contributed by atoms with E-state index in [0.717, 1.165) is 55.4 Å². The van der Waals surface area contributed by atoms with Crippen molar-refractivity contribution in [2.24, 2.45) is 0 Å². The molecule has 0 aliphatic rings. The van der Waals surface area contributed by atoms with E-state index in [4.69, 9.17) is 14.4 Å². The van der Waals surface area contributed by atoms with Gasteiger partial charge in [0, 0.05) is 27.5 Å². The fraction of sp³-hybridized carbons (Fsp3) is 0. The van der Waals surface area contributed by atoms with Crippen LogP contribution in [0.1, 0.15) is 0 Å². The number of hydrogen-bond donors (Lipinski definition) is 0. The Morgan fingerprint density at radius 1 is 0.292 bits per heavy atom. The van der Waals surface area contributed by atoms with Crippen molar-refractivity contribution < 1.29 is 4.42 Å². The molecule has 13 aromatic rings. The highest BCUT2D eigenvalue weighted by molar-refractivity contribution is 6.28. The molecule has 0 saturated carbocycles. The van der Waals surface area contributed by atoms with E-state index in [0.29, 0.717) is 5.82 Å². The molecule has 0 aliphatic heterocycles. The minimum atomic E-state index is 0.673. The lowest BCUT2D eigenvalue weighted by atomic mass is 9.84. The second-order valence-corrected chi connectivity index (χ2v) is 16.8. The van der Waals surface area contributed by atoms with E-state index in [2.05, 4.69) is 200 Å². The van der Waals surface area contributed by atoms with Gasteiger partial charge in [0.25, 0.3) is 0 Å². The summed E-state index contributed by atoms with van der Waals surface area (Å²) in [6, 6.07) is 82.4. The Labute approximate surface area is 375 Å². The van der Waals surface area contributed by atoms with Crippen LogP contribution in [0.5, 0.6) is 0 Å². The molecule has 3 heteroatoms. The van der Waals surface area contributed by atoms with Crippen molar-refractivity contribution in [3.05, 3.63) is 231 Å². The third kappa shape index (κ3) is 6.20. The summed E-state index contributed by atoms with van der Waals surface area (Å²) < 4.78 is 6.47. The molecule has 0 fully saturated rings. The number of para-hydroxylation sites is 2. The molecular weight excluding hydrogens is 789 g/mol. The lowest BCUT2D eigenvalue weighted by Crippen LogP contribution is -1.96. The maximum Gasteiger partial charge on any atom is 0.160 e. The molecule has 13 rings (SSSR count). The molecule has 0 spiro atoms. The summed E-state index contributed by atoms with van der Waals surface area (Å²) in [6.07, 6.45) is 0. The van der Waals surface area contributed by atoms with Gasteiger partial charge in [-0.05, 0) is 107 Å². The van der Waals surface area contributed by atoms with Gasteiger partial charge < -0.3 is 4.42 Å². The molecule has 0 saturated heterocycles. The maximum absolute atomic E-state index is 6.47. The first-order valence-electron chi connectivity index (χ1n) is 22.1. The van der Waals surface area contributed by atoms with E-state index >= 15 is 0 Å². The van der Waals surface area contributed by atoms with Crippen molar-refractivity contribution in [2.75, 3.05) is 0 Å². The normalized spacial score (nSPS) is 11.7. The minimum Gasteiger partial charge on any atom is -0.455 e. The van der Waals surface area contributed by atoms with Crippen LogP contribution in [-0.2, 0) is 0 Å². The van der Waals surface area contributed by atoms with E-state index in [1.165, 1.54) is 71.1 Å². The van der Waals surface area contributed by atoms with Crippen LogP contribution in [0.2, 0.25) is 0 Å². The minimum absolute atomic E-state index is 0.673. The van der Waals surface area contributed by atoms with Crippen molar-refractivity contribution in [3.8, 4) is 67.3 Å². The van der Waals surface area contributed by atoms with E-state index < -0.39 is 0 Å². The van der Waals surface area contributed by atoms with Gasteiger partial charge in [0.05, 0.1) is 11.4 Å². The number of aromatic nitrogens is 2. The largest absolute Gasteiger partial charge is 0.455 e. The highest BCUT2D eigenvalue weighted by Gasteiger charge is 2.20. The average molecular weight is 827 g/mol. The number of furan rings is 1. The summed E-state index contributed by atoms with van der Waals surface area (Å²) in [4.78, 5) is 10.3. The van der Waals surface area contributed by atoms with Crippen molar-refractivity contribution in [1.82, 2.24) is 9.97 Å². The van der Waals surface area contributed by atoms with Gasteiger partial charge in [0.15, 0.2) is 5.82 Å². The molecule has 0 unspecified atom stereocenters. The van der Waals surface area contributed by atoms with Gasteiger partial charge in [-0.1, -0.05) is 200 Å². The molecule has 2 heterocycles. The number of benzene rings is 11. The zero-order valence-electron chi connectivity index (χ0n) is 35.2. The van der Waals surface area contributed by atoms with E-state index in [1.807, 2.05) is 30.3 Å². The zero-order valence-corrected chi connectivity index (χ0v) is 35.2. The Hall–Kier alpha value is -8.66. The van der Waals surface area contributed by atoms with Gasteiger partial charge in [-0.3, -0.25) is 0 Å². The third-order valence-corrected chi connectivity index (χ3v) is 13.1. The Bertz CT molecular complexity index is 3980. The van der Waals surface area contributed by atoms with Gasteiger partial charge in [-0.15, -0.1) is 0 Å². The summed E-state index contributed by atoms with van der Waals surface area (Å²) in [5.41, 5.74) is 13.6. The number of fused-ring (bicyclic) bond motifs is 8. The third-order valence-electron chi connectivity index (χ3n) is 13.1. The van der Waals surface area contributed by atoms with Gasteiger partial charge >= 0.3 is 0 Å². The quantitative estimate of drug-likeness (QED) is 0.124. The van der Waals surface area contributed by atoms with Crippen LogP contribution in [0.15, 0.2) is 235 Å². The van der Waals surface area contributed by atoms with Crippen LogP contribution in [-0.4, -0.2) is 9.97 Å². The average Bonchev–Trinajstić information content (AvgIpc) is 3.77. The standard InChI is InChI=1S/C62H38N2O/c1-3-15-41(16-4-1)58-50-21-9-10-22-51(50)59(60-48-19-8-7-14-40(48)34-35-54(58)60)42-28-26-39(27-29-42)44-30-31-46-37-47(33-32-45(46)36-44)55-38-56(64-62(63-55)43-17-5-2-6-18-43)53-24-13-23-52-49-20-11-12-25-57(49)65-61(52)53/h1-38H.